The molecule has 0 aromatic heterocycles. The first kappa shape index (κ1) is 18.5. The number of hydrogen-bond donors (Lipinski definition) is 0. The van der Waals surface area contributed by atoms with E-state index in [1.807, 2.05) is 4.90 Å². The van der Waals surface area contributed by atoms with E-state index in [9.17, 15) is 14.0 Å². The topological polar surface area (TPSA) is 56.2 Å². The lowest BCUT2D eigenvalue weighted by molar-refractivity contribution is -0.132. The molecule has 0 N–H and O–H groups in total. The van der Waals surface area contributed by atoms with Crippen LogP contribution in [0.2, 0.25) is 0 Å². The molecule has 1 saturated heterocycles. The molecule has 0 radical (unpaired) electrons. The van der Waals surface area contributed by atoms with Crippen LogP contribution in [0, 0.1) is 5.82 Å². The summed E-state index contributed by atoms with van der Waals surface area (Å²) in [5, 5.41) is 5.64. The van der Waals surface area contributed by atoms with Crippen molar-refractivity contribution >= 4 is 17.5 Å². The number of hydrogen-bond acceptors (Lipinski definition) is 4. The number of amides is 2. The van der Waals surface area contributed by atoms with E-state index in [2.05, 4.69) is 24.1 Å². The molecule has 2 aliphatic heterocycles. The maximum atomic E-state index is 13.0. The van der Waals surface area contributed by atoms with E-state index in [0.717, 1.165) is 18.4 Å². The van der Waals surface area contributed by atoms with E-state index < -0.39 is 0 Å². The van der Waals surface area contributed by atoms with E-state index in [0.29, 0.717) is 31.3 Å². The largest absolute Gasteiger partial charge is 0.337 e. The van der Waals surface area contributed by atoms with Crippen molar-refractivity contribution in [3.8, 4) is 0 Å². The Hall–Kier alpha value is -2.28. The summed E-state index contributed by atoms with van der Waals surface area (Å²) < 4.78 is 13.0. The number of nitrogens with zero attached hydrogens (tertiary/aromatic N) is 4. The van der Waals surface area contributed by atoms with Crippen molar-refractivity contribution in [1.29, 1.82) is 0 Å². The highest BCUT2D eigenvalue weighted by Crippen LogP contribution is 2.18. The quantitative estimate of drug-likeness (QED) is 0.824. The zero-order chi connectivity index (χ0) is 18.7. The third-order valence-corrected chi connectivity index (χ3v) is 5.08. The van der Waals surface area contributed by atoms with E-state index in [1.165, 1.54) is 17.1 Å². The van der Waals surface area contributed by atoms with Crippen LogP contribution in [0.5, 0.6) is 0 Å². The smallest absolute Gasteiger partial charge is 0.270 e. The Morgan fingerprint density at radius 2 is 1.85 bits per heavy atom. The lowest BCUT2D eigenvalue weighted by Crippen LogP contribution is -2.48. The second-order valence-electron chi connectivity index (χ2n) is 7.11. The van der Waals surface area contributed by atoms with Crippen LogP contribution < -0.4 is 0 Å². The first-order valence-corrected chi connectivity index (χ1v) is 9.02. The SMILES string of the molecule is CN(C)C1CCN(C(=O)C2=NN(Cc3ccc(F)cc3)C(=O)CC2)CC1. The molecule has 0 saturated carbocycles. The highest BCUT2D eigenvalue weighted by molar-refractivity contribution is 6.39. The summed E-state index contributed by atoms with van der Waals surface area (Å²) in [4.78, 5) is 29.0. The van der Waals surface area contributed by atoms with Gasteiger partial charge in [0.25, 0.3) is 5.91 Å². The Morgan fingerprint density at radius 3 is 2.46 bits per heavy atom. The van der Waals surface area contributed by atoms with E-state index >= 15 is 0 Å². The summed E-state index contributed by atoms with van der Waals surface area (Å²) in [5.41, 5.74) is 1.22. The second-order valence-corrected chi connectivity index (χ2v) is 7.11. The van der Waals surface area contributed by atoms with Crippen LogP contribution in [-0.4, -0.2) is 65.6 Å². The average Bonchev–Trinajstić information content (AvgIpc) is 2.65. The lowest BCUT2D eigenvalue weighted by atomic mass is 10.0. The van der Waals surface area contributed by atoms with Gasteiger partial charge in [-0.15, -0.1) is 0 Å². The first-order chi connectivity index (χ1) is 12.4. The highest BCUT2D eigenvalue weighted by Gasteiger charge is 2.30. The summed E-state index contributed by atoms with van der Waals surface area (Å²) in [6.07, 6.45) is 2.56. The zero-order valence-corrected chi connectivity index (χ0v) is 15.3. The number of piperidine rings is 1. The molecule has 6 nitrogen and oxygen atoms in total. The van der Waals surface area contributed by atoms with Gasteiger partial charge in [-0.3, -0.25) is 9.59 Å². The van der Waals surface area contributed by atoms with Crippen LogP contribution in [0.25, 0.3) is 0 Å². The number of likely N-dealkylation sites (tertiary alicyclic amines) is 1. The van der Waals surface area contributed by atoms with Gasteiger partial charge in [0.15, 0.2) is 0 Å². The number of rotatable bonds is 4. The Morgan fingerprint density at radius 1 is 1.19 bits per heavy atom. The van der Waals surface area contributed by atoms with Gasteiger partial charge >= 0.3 is 0 Å². The van der Waals surface area contributed by atoms with Gasteiger partial charge in [-0.25, -0.2) is 9.40 Å². The van der Waals surface area contributed by atoms with Crippen molar-refractivity contribution in [2.24, 2.45) is 5.10 Å². The van der Waals surface area contributed by atoms with Gasteiger partial charge in [0.1, 0.15) is 11.5 Å². The standard InChI is InChI=1S/C19H25FN4O2/c1-22(2)16-9-11-23(12-10-16)19(26)17-7-8-18(25)24(21-17)13-14-3-5-15(20)6-4-14/h3-6,16H,7-13H2,1-2H3. The monoisotopic (exact) mass is 360 g/mol. The minimum atomic E-state index is -0.320. The van der Waals surface area contributed by atoms with Crippen molar-refractivity contribution in [3.05, 3.63) is 35.6 Å². The lowest BCUT2D eigenvalue weighted by Gasteiger charge is -2.36. The van der Waals surface area contributed by atoms with Gasteiger partial charge in [0.2, 0.25) is 5.91 Å². The molecular weight excluding hydrogens is 335 g/mol. The Kier molecular flexibility index (Phi) is 5.66. The summed E-state index contributed by atoms with van der Waals surface area (Å²) in [6, 6.07) is 6.47. The zero-order valence-electron chi connectivity index (χ0n) is 15.3. The predicted molar refractivity (Wildman–Crippen MR) is 96.9 cm³/mol. The first-order valence-electron chi connectivity index (χ1n) is 9.02. The molecule has 0 bridgehead atoms. The van der Waals surface area contributed by atoms with Gasteiger partial charge in [-0.2, -0.15) is 5.10 Å². The number of carbonyl (C=O) groups is 2. The summed E-state index contributed by atoms with van der Waals surface area (Å²) >= 11 is 0. The van der Waals surface area contributed by atoms with Gasteiger partial charge in [0, 0.05) is 32.0 Å². The molecule has 26 heavy (non-hydrogen) atoms. The number of hydrazone groups is 1. The van der Waals surface area contributed by atoms with Gasteiger partial charge < -0.3 is 9.80 Å². The van der Waals surface area contributed by atoms with Crippen molar-refractivity contribution in [1.82, 2.24) is 14.8 Å². The normalized spacial score (nSPS) is 19.1. The molecule has 0 unspecified atom stereocenters. The fraction of sp³-hybridized carbons (Fsp3) is 0.526. The Balaban J connectivity index is 1.66. The van der Waals surface area contributed by atoms with E-state index in [1.54, 1.807) is 12.1 Å². The molecular formula is C19H25FN4O2. The molecule has 0 aliphatic carbocycles. The van der Waals surface area contributed by atoms with Crippen LogP contribution >= 0.6 is 0 Å². The van der Waals surface area contributed by atoms with Gasteiger partial charge in [-0.05, 0) is 44.6 Å². The van der Waals surface area contributed by atoms with Crippen LogP contribution in [0.15, 0.2) is 29.4 Å². The third kappa shape index (κ3) is 4.27. The maximum Gasteiger partial charge on any atom is 0.270 e. The molecule has 7 heteroatoms. The maximum absolute atomic E-state index is 13.0. The molecule has 0 atom stereocenters. The summed E-state index contributed by atoms with van der Waals surface area (Å²) in [7, 11) is 4.12. The molecule has 0 spiro atoms. The highest BCUT2D eigenvalue weighted by atomic mass is 19.1. The molecule has 1 fully saturated rings. The third-order valence-electron chi connectivity index (χ3n) is 5.08. The molecule has 3 rings (SSSR count). The van der Waals surface area contributed by atoms with Crippen LogP contribution in [-0.2, 0) is 16.1 Å². The minimum absolute atomic E-state index is 0.0705. The molecule has 2 aliphatic rings. The van der Waals surface area contributed by atoms with Crippen LogP contribution in [0.4, 0.5) is 4.39 Å². The molecule has 1 aromatic carbocycles. The molecule has 2 amide bonds. The van der Waals surface area contributed by atoms with Crippen molar-refractivity contribution in [3.63, 3.8) is 0 Å². The predicted octanol–water partition coefficient (Wildman–Crippen LogP) is 1.86. The number of benzene rings is 1. The van der Waals surface area contributed by atoms with Crippen molar-refractivity contribution in [2.75, 3.05) is 27.2 Å². The van der Waals surface area contributed by atoms with E-state index in [-0.39, 0.29) is 30.6 Å². The fourth-order valence-corrected chi connectivity index (χ4v) is 3.41. The van der Waals surface area contributed by atoms with Crippen LogP contribution in [0.1, 0.15) is 31.2 Å². The Labute approximate surface area is 153 Å². The Bertz CT molecular complexity index is 694. The summed E-state index contributed by atoms with van der Waals surface area (Å²) in [5.74, 6) is -0.504. The summed E-state index contributed by atoms with van der Waals surface area (Å²) in [6.45, 7) is 1.68. The molecule has 2 heterocycles. The number of halogens is 1. The second kappa shape index (κ2) is 7.95. The van der Waals surface area contributed by atoms with Crippen molar-refractivity contribution in [2.45, 2.75) is 38.3 Å². The molecule has 1 aromatic rings. The minimum Gasteiger partial charge on any atom is -0.337 e. The number of carbonyl (C=O) groups excluding carboxylic acids is 2. The fourth-order valence-electron chi connectivity index (χ4n) is 3.41. The van der Waals surface area contributed by atoms with Gasteiger partial charge in [-0.1, -0.05) is 12.1 Å². The van der Waals surface area contributed by atoms with Crippen molar-refractivity contribution < 1.29 is 14.0 Å². The van der Waals surface area contributed by atoms with E-state index in [4.69, 9.17) is 0 Å². The van der Waals surface area contributed by atoms with Crippen LogP contribution in [0.3, 0.4) is 0 Å². The average molecular weight is 360 g/mol. The van der Waals surface area contributed by atoms with Gasteiger partial charge in [0.05, 0.1) is 6.54 Å². The molecule has 140 valence electrons.